The predicted molar refractivity (Wildman–Crippen MR) is 77.0 cm³/mol. The summed E-state index contributed by atoms with van der Waals surface area (Å²) in [6.07, 6.45) is 5.28. The molecule has 0 aromatic carbocycles. The molecule has 0 N–H and O–H groups in total. The highest BCUT2D eigenvalue weighted by molar-refractivity contribution is 5.98. The highest BCUT2D eigenvalue weighted by Crippen LogP contribution is 2.44. The molecule has 0 aromatic rings. The number of nitrogens with zero attached hydrogens (tertiary/aromatic N) is 2. The first-order valence-corrected chi connectivity index (χ1v) is 8.19. The maximum atomic E-state index is 12.8. The third-order valence-corrected chi connectivity index (χ3v) is 5.16. The van der Waals surface area contributed by atoms with Gasteiger partial charge in [-0.1, -0.05) is 27.2 Å². The molecule has 1 aliphatic carbocycles. The first-order chi connectivity index (χ1) is 9.56. The second-order valence-corrected chi connectivity index (χ2v) is 6.98. The second kappa shape index (κ2) is 5.05. The van der Waals surface area contributed by atoms with Crippen LogP contribution in [0.1, 0.15) is 52.9 Å². The monoisotopic (exact) mass is 278 g/mol. The van der Waals surface area contributed by atoms with Gasteiger partial charge in [0.25, 0.3) is 0 Å². The van der Waals surface area contributed by atoms with Gasteiger partial charge in [-0.25, -0.2) is 0 Å². The number of hydrogen-bond donors (Lipinski definition) is 0. The van der Waals surface area contributed by atoms with Crippen LogP contribution in [-0.4, -0.2) is 46.3 Å². The topological polar surface area (TPSA) is 40.6 Å². The standard InChI is InChI=1S/C16H26N2O2/c1-4-6-11-9-13(11)18-14(10(2)3)16(20)17-8-5-7-12(17)15(18)19/h10-14H,4-9H2,1-3H3. The zero-order chi connectivity index (χ0) is 14.4. The molecular weight excluding hydrogens is 252 g/mol. The van der Waals surface area contributed by atoms with Gasteiger partial charge >= 0.3 is 0 Å². The Bertz CT molecular complexity index is 421. The van der Waals surface area contributed by atoms with Crippen LogP contribution in [0.15, 0.2) is 0 Å². The summed E-state index contributed by atoms with van der Waals surface area (Å²) in [5, 5.41) is 0. The van der Waals surface area contributed by atoms with Crippen LogP contribution in [0.5, 0.6) is 0 Å². The first-order valence-electron chi connectivity index (χ1n) is 8.19. The number of amides is 2. The van der Waals surface area contributed by atoms with Gasteiger partial charge in [-0.15, -0.1) is 0 Å². The molecule has 112 valence electrons. The number of carbonyl (C=O) groups is 2. The molecule has 1 saturated carbocycles. The first kappa shape index (κ1) is 13.9. The fourth-order valence-corrected chi connectivity index (χ4v) is 4.11. The highest BCUT2D eigenvalue weighted by Gasteiger charge is 2.55. The van der Waals surface area contributed by atoms with E-state index in [1.54, 1.807) is 0 Å². The van der Waals surface area contributed by atoms with E-state index in [0.29, 0.717) is 12.0 Å². The molecule has 20 heavy (non-hydrogen) atoms. The zero-order valence-electron chi connectivity index (χ0n) is 12.8. The van der Waals surface area contributed by atoms with Crippen LogP contribution in [0.25, 0.3) is 0 Å². The van der Waals surface area contributed by atoms with Crippen molar-refractivity contribution in [3.63, 3.8) is 0 Å². The molecule has 4 atom stereocenters. The molecule has 2 amide bonds. The van der Waals surface area contributed by atoms with Crippen molar-refractivity contribution >= 4 is 11.8 Å². The Morgan fingerprint density at radius 3 is 2.65 bits per heavy atom. The van der Waals surface area contributed by atoms with Gasteiger partial charge in [0.2, 0.25) is 11.8 Å². The normalized spacial score (nSPS) is 36.8. The largest absolute Gasteiger partial charge is 0.329 e. The molecule has 3 aliphatic rings. The van der Waals surface area contributed by atoms with Gasteiger partial charge in [0.1, 0.15) is 12.1 Å². The van der Waals surface area contributed by atoms with Crippen molar-refractivity contribution in [1.82, 2.24) is 9.80 Å². The van der Waals surface area contributed by atoms with E-state index in [2.05, 4.69) is 20.8 Å². The van der Waals surface area contributed by atoms with E-state index in [4.69, 9.17) is 0 Å². The zero-order valence-corrected chi connectivity index (χ0v) is 12.8. The van der Waals surface area contributed by atoms with Crippen LogP contribution < -0.4 is 0 Å². The third-order valence-electron chi connectivity index (χ3n) is 5.16. The number of fused-ring (bicyclic) bond motifs is 1. The van der Waals surface area contributed by atoms with Crippen molar-refractivity contribution in [2.45, 2.75) is 71.0 Å². The Morgan fingerprint density at radius 2 is 2.00 bits per heavy atom. The molecular formula is C16H26N2O2. The number of piperazine rings is 1. The average Bonchev–Trinajstić information content (AvgIpc) is 2.97. The van der Waals surface area contributed by atoms with E-state index < -0.39 is 0 Å². The van der Waals surface area contributed by atoms with E-state index in [1.165, 1.54) is 12.8 Å². The molecule has 3 rings (SSSR count). The second-order valence-electron chi connectivity index (χ2n) is 6.98. The molecule has 2 heterocycles. The van der Waals surface area contributed by atoms with Crippen LogP contribution in [0.3, 0.4) is 0 Å². The molecule has 3 fully saturated rings. The Hall–Kier alpha value is -1.06. The van der Waals surface area contributed by atoms with Crippen molar-refractivity contribution in [2.75, 3.05) is 6.54 Å². The van der Waals surface area contributed by atoms with Crippen molar-refractivity contribution in [3.8, 4) is 0 Å². The summed E-state index contributed by atoms with van der Waals surface area (Å²) < 4.78 is 0. The average molecular weight is 278 g/mol. The fraction of sp³-hybridized carbons (Fsp3) is 0.875. The summed E-state index contributed by atoms with van der Waals surface area (Å²) in [6, 6.07) is -0.0365. The molecule has 0 aromatic heterocycles. The van der Waals surface area contributed by atoms with Crippen LogP contribution in [0.2, 0.25) is 0 Å². The van der Waals surface area contributed by atoms with Crippen molar-refractivity contribution in [1.29, 1.82) is 0 Å². The Labute approximate surface area is 121 Å². The summed E-state index contributed by atoms with van der Waals surface area (Å²) in [5.74, 6) is 1.26. The number of rotatable bonds is 4. The molecule has 0 spiro atoms. The summed E-state index contributed by atoms with van der Waals surface area (Å²) in [7, 11) is 0. The Kier molecular flexibility index (Phi) is 3.51. The molecule has 4 unspecified atom stereocenters. The van der Waals surface area contributed by atoms with Crippen LogP contribution in [0.4, 0.5) is 0 Å². The molecule has 4 heteroatoms. The molecule has 2 aliphatic heterocycles. The van der Waals surface area contributed by atoms with E-state index in [9.17, 15) is 9.59 Å². The third kappa shape index (κ3) is 2.04. The van der Waals surface area contributed by atoms with Gasteiger partial charge in [-0.3, -0.25) is 9.59 Å². The maximum absolute atomic E-state index is 12.8. The number of hydrogen-bond acceptors (Lipinski definition) is 2. The minimum Gasteiger partial charge on any atom is -0.329 e. The summed E-state index contributed by atoms with van der Waals surface area (Å²) in [5.41, 5.74) is 0. The minimum atomic E-state index is -0.219. The van der Waals surface area contributed by atoms with Crippen molar-refractivity contribution < 1.29 is 9.59 Å². The Morgan fingerprint density at radius 1 is 1.25 bits per heavy atom. The summed E-state index contributed by atoms with van der Waals surface area (Å²) in [6.45, 7) is 7.10. The minimum absolute atomic E-state index is 0.152. The van der Waals surface area contributed by atoms with E-state index in [1.807, 2.05) is 9.80 Å². The molecule has 4 nitrogen and oxygen atoms in total. The van der Waals surface area contributed by atoms with Crippen LogP contribution in [0, 0.1) is 11.8 Å². The van der Waals surface area contributed by atoms with Gasteiger partial charge in [-0.05, 0) is 37.5 Å². The predicted octanol–water partition coefficient (Wildman–Crippen LogP) is 2.03. The maximum Gasteiger partial charge on any atom is 0.246 e. The van der Waals surface area contributed by atoms with Gasteiger partial charge in [0, 0.05) is 12.6 Å². The quantitative estimate of drug-likeness (QED) is 0.789. The number of carbonyl (C=O) groups excluding carboxylic acids is 2. The van der Waals surface area contributed by atoms with Crippen LogP contribution in [-0.2, 0) is 9.59 Å². The summed E-state index contributed by atoms with van der Waals surface area (Å²) in [4.78, 5) is 29.4. The van der Waals surface area contributed by atoms with Gasteiger partial charge in [-0.2, -0.15) is 0 Å². The summed E-state index contributed by atoms with van der Waals surface area (Å²) >= 11 is 0. The SMILES string of the molecule is CCCC1CC1N1C(=O)C2CCCN2C(=O)C1C(C)C. The van der Waals surface area contributed by atoms with E-state index in [-0.39, 0.29) is 29.8 Å². The molecule has 2 saturated heterocycles. The Balaban J connectivity index is 1.85. The lowest BCUT2D eigenvalue weighted by atomic mass is 9.95. The van der Waals surface area contributed by atoms with Gasteiger partial charge in [0.15, 0.2) is 0 Å². The fourth-order valence-electron chi connectivity index (χ4n) is 4.11. The van der Waals surface area contributed by atoms with Crippen LogP contribution >= 0.6 is 0 Å². The lowest BCUT2D eigenvalue weighted by Gasteiger charge is -2.44. The smallest absolute Gasteiger partial charge is 0.246 e. The lowest BCUT2D eigenvalue weighted by Crippen LogP contribution is -2.65. The van der Waals surface area contributed by atoms with Gasteiger partial charge < -0.3 is 9.80 Å². The highest BCUT2D eigenvalue weighted by atomic mass is 16.2. The van der Waals surface area contributed by atoms with Gasteiger partial charge in [0.05, 0.1) is 0 Å². The molecule has 0 radical (unpaired) electrons. The van der Waals surface area contributed by atoms with Crippen molar-refractivity contribution in [3.05, 3.63) is 0 Å². The van der Waals surface area contributed by atoms with E-state index >= 15 is 0 Å². The van der Waals surface area contributed by atoms with E-state index in [0.717, 1.165) is 25.8 Å². The lowest BCUT2D eigenvalue weighted by molar-refractivity contribution is -0.162. The van der Waals surface area contributed by atoms with Crippen molar-refractivity contribution in [2.24, 2.45) is 11.8 Å². The molecule has 0 bridgehead atoms.